The molecule has 8 heteroatoms. The molecule has 1 amide bonds. The maximum Gasteiger partial charge on any atom is 0.238 e. The highest BCUT2D eigenvalue weighted by atomic mass is 16.7. The van der Waals surface area contributed by atoms with E-state index in [1.807, 2.05) is 26.1 Å². The molecule has 1 aromatic heterocycles. The maximum atomic E-state index is 12.3. The van der Waals surface area contributed by atoms with Crippen molar-refractivity contribution in [2.75, 3.05) is 43.7 Å². The van der Waals surface area contributed by atoms with Gasteiger partial charge in [-0.3, -0.25) is 9.69 Å². The fourth-order valence-electron chi connectivity index (χ4n) is 3.06. The minimum atomic E-state index is -0.0531. The first-order chi connectivity index (χ1) is 12.6. The van der Waals surface area contributed by atoms with Gasteiger partial charge in [-0.15, -0.1) is 0 Å². The second-order valence-corrected chi connectivity index (χ2v) is 6.61. The quantitative estimate of drug-likeness (QED) is 0.865. The minimum Gasteiger partial charge on any atom is -0.454 e. The molecule has 0 radical (unpaired) electrons. The Hall–Kier alpha value is -2.87. The Morgan fingerprint density at radius 2 is 2.08 bits per heavy atom. The zero-order valence-electron chi connectivity index (χ0n) is 14.8. The molecule has 2 aromatic rings. The molecule has 136 valence electrons. The summed E-state index contributed by atoms with van der Waals surface area (Å²) < 4.78 is 10.6. The molecule has 0 aliphatic carbocycles. The number of hydrogen-bond acceptors (Lipinski definition) is 7. The van der Waals surface area contributed by atoms with Crippen molar-refractivity contribution < 1.29 is 14.3 Å². The Balaban J connectivity index is 1.27. The topological polar surface area (TPSA) is 79.8 Å². The summed E-state index contributed by atoms with van der Waals surface area (Å²) in [6.07, 6.45) is 1.58. The predicted molar refractivity (Wildman–Crippen MR) is 96.6 cm³/mol. The fourth-order valence-corrected chi connectivity index (χ4v) is 3.06. The molecule has 8 nitrogen and oxygen atoms in total. The number of ether oxygens (including phenoxy) is 2. The van der Waals surface area contributed by atoms with Crippen LogP contribution in [0.1, 0.15) is 5.69 Å². The van der Waals surface area contributed by atoms with E-state index in [9.17, 15) is 4.79 Å². The van der Waals surface area contributed by atoms with Crippen molar-refractivity contribution in [3.05, 3.63) is 36.3 Å². The van der Waals surface area contributed by atoms with Crippen LogP contribution in [0.25, 0.3) is 0 Å². The number of rotatable bonds is 5. The Morgan fingerprint density at radius 3 is 2.88 bits per heavy atom. The number of benzene rings is 1. The Kier molecular flexibility index (Phi) is 4.34. The van der Waals surface area contributed by atoms with E-state index >= 15 is 0 Å². The van der Waals surface area contributed by atoms with E-state index in [1.54, 1.807) is 18.5 Å². The van der Waals surface area contributed by atoms with Crippen molar-refractivity contribution in [1.82, 2.24) is 14.9 Å². The van der Waals surface area contributed by atoms with Crippen LogP contribution in [-0.2, 0) is 4.79 Å². The van der Waals surface area contributed by atoms with Crippen LogP contribution >= 0.6 is 0 Å². The first kappa shape index (κ1) is 16.6. The van der Waals surface area contributed by atoms with E-state index in [1.165, 1.54) is 0 Å². The monoisotopic (exact) mass is 355 g/mol. The number of nitrogens with one attached hydrogen (secondary N) is 1. The standard InChI is InChI=1S/C18H21N5O3/c1-12-5-17(20-10-19-12)23-7-14(8-23)22(2)9-18(24)21-13-3-4-15-16(6-13)26-11-25-15/h3-6,10,14H,7-9,11H2,1-2H3,(H,21,24). The highest BCUT2D eigenvalue weighted by Crippen LogP contribution is 2.34. The third-order valence-corrected chi connectivity index (χ3v) is 4.65. The number of carbonyl (C=O) groups is 1. The molecular formula is C18H21N5O3. The molecule has 26 heavy (non-hydrogen) atoms. The third kappa shape index (κ3) is 3.41. The molecule has 1 aromatic carbocycles. The van der Waals surface area contributed by atoms with E-state index in [-0.39, 0.29) is 12.7 Å². The van der Waals surface area contributed by atoms with Crippen LogP contribution in [0, 0.1) is 6.92 Å². The molecule has 2 aliphatic heterocycles. The number of aromatic nitrogens is 2. The molecule has 2 aliphatic rings. The van der Waals surface area contributed by atoms with Crippen molar-refractivity contribution >= 4 is 17.4 Å². The lowest BCUT2D eigenvalue weighted by molar-refractivity contribution is -0.117. The van der Waals surface area contributed by atoms with Gasteiger partial charge >= 0.3 is 0 Å². The summed E-state index contributed by atoms with van der Waals surface area (Å²) in [5.74, 6) is 2.25. The van der Waals surface area contributed by atoms with Gasteiger partial charge in [0.2, 0.25) is 12.7 Å². The molecule has 4 rings (SSSR count). The van der Waals surface area contributed by atoms with E-state index in [0.717, 1.165) is 24.6 Å². The molecule has 0 spiro atoms. The molecule has 1 fully saturated rings. The predicted octanol–water partition coefficient (Wildman–Crippen LogP) is 1.27. The number of likely N-dealkylation sites (N-methyl/N-ethyl adjacent to an activating group) is 1. The van der Waals surface area contributed by atoms with Crippen LogP contribution in [0.4, 0.5) is 11.5 Å². The van der Waals surface area contributed by atoms with Crippen molar-refractivity contribution in [2.24, 2.45) is 0 Å². The first-order valence-electron chi connectivity index (χ1n) is 8.52. The Labute approximate surface area is 151 Å². The second kappa shape index (κ2) is 6.80. The molecule has 0 atom stereocenters. The highest BCUT2D eigenvalue weighted by molar-refractivity contribution is 5.92. The van der Waals surface area contributed by atoms with E-state index in [4.69, 9.17) is 9.47 Å². The SMILES string of the molecule is Cc1cc(N2CC(N(C)CC(=O)Nc3ccc4c(c3)OCO4)C2)ncn1. The zero-order valence-corrected chi connectivity index (χ0v) is 14.8. The summed E-state index contributed by atoms with van der Waals surface area (Å²) in [6.45, 7) is 4.21. The molecule has 1 saturated heterocycles. The van der Waals surface area contributed by atoms with Gasteiger partial charge in [0, 0.05) is 42.6 Å². The van der Waals surface area contributed by atoms with Gasteiger partial charge in [-0.1, -0.05) is 0 Å². The van der Waals surface area contributed by atoms with Crippen molar-refractivity contribution in [3.63, 3.8) is 0 Å². The number of hydrogen-bond donors (Lipinski definition) is 1. The van der Waals surface area contributed by atoms with Gasteiger partial charge < -0.3 is 19.7 Å². The summed E-state index contributed by atoms with van der Waals surface area (Å²) >= 11 is 0. The van der Waals surface area contributed by atoms with Crippen LogP contribution in [0.5, 0.6) is 11.5 Å². The van der Waals surface area contributed by atoms with Gasteiger partial charge in [0.25, 0.3) is 0 Å². The van der Waals surface area contributed by atoms with E-state index in [0.29, 0.717) is 29.8 Å². The van der Waals surface area contributed by atoms with Gasteiger partial charge in [0.15, 0.2) is 11.5 Å². The van der Waals surface area contributed by atoms with Crippen LogP contribution in [0.3, 0.4) is 0 Å². The lowest BCUT2D eigenvalue weighted by atomic mass is 10.1. The van der Waals surface area contributed by atoms with Crippen molar-refractivity contribution in [3.8, 4) is 11.5 Å². The fraction of sp³-hybridized carbons (Fsp3) is 0.389. The normalized spacial score (nSPS) is 15.9. The first-order valence-corrected chi connectivity index (χ1v) is 8.52. The summed E-state index contributed by atoms with van der Waals surface area (Å²) in [5, 5.41) is 2.91. The number of amides is 1. The van der Waals surface area contributed by atoms with Crippen LogP contribution < -0.4 is 19.7 Å². The van der Waals surface area contributed by atoms with Gasteiger partial charge in [0.1, 0.15) is 12.1 Å². The van der Waals surface area contributed by atoms with Crippen LogP contribution in [0.2, 0.25) is 0 Å². The third-order valence-electron chi connectivity index (χ3n) is 4.65. The number of fused-ring (bicyclic) bond motifs is 1. The van der Waals surface area contributed by atoms with Gasteiger partial charge in [-0.05, 0) is 26.1 Å². The lowest BCUT2D eigenvalue weighted by Gasteiger charge is -2.44. The zero-order chi connectivity index (χ0) is 18.1. The van der Waals surface area contributed by atoms with Gasteiger partial charge in [0.05, 0.1) is 6.54 Å². The summed E-state index contributed by atoms with van der Waals surface area (Å²) in [4.78, 5) is 25.0. The van der Waals surface area contributed by atoms with Crippen molar-refractivity contribution in [2.45, 2.75) is 13.0 Å². The molecule has 0 unspecified atom stereocenters. The molecular weight excluding hydrogens is 334 g/mol. The average molecular weight is 355 g/mol. The van der Waals surface area contributed by atoms with Crippen LogP contribution in [0.15, 0.2) is 30.6 Å². The number of nitrogens with zero attached hydrogens (tertiary/aromatic N) is 4. The maximum absolute atomic E-state index is 12.3. The van der Waals surface area contributed by atoms with Gasteiger partial charge in [-0.2, -0.15) is 0 Å². The van der Waals surface area contributed by atoms with Gasteiger partial charge in [-0.25, -0.2) is 9.97 Å². The lowest BCUT2D eigenvalue weighted by Crippen LogP contribution is -2.59. The Bertz CT molecular complexity index is 822. The average Bonchev–Trinajstić information content (AvgIpc) is 3.01. The highest BCUT2D eigenvalue weighted by Gasteiger charge is 2.31. The number of aryl methyl sites for hydroxylation is 1. The molecule has 1 N–H and O–H groups in total. The summed E-state index contributed by atoms with van der Waals surface area (Å²) in [6, 6.07) is 7.70. The summed E-state index contributed by atoms with van der Waals surface area (Å²) in [7, 11) is 1.96. The molecule has 3 heterocycles. The minimum absolute atomic E-state index is 0.0531. The van der Waals surface area contributed by atoms with E-state index < -0.39 is 0 Å². The Morgan fingerprint density at radius 1 is 1.27 bits per heavy atom. The molecule has 0 bridgehead atoms. The molecule has 0 saturated carbocycles. The number of carbonyl (C=O) groups excluding carboxylic acids is 1. The largest absolute Gasteiger partial charge is 0.454 e. The smallest absolute Gasteiger partial charge is 0.238 e. The van der Waals surface area contributed by atoms with E-state index in [2.05, 4.69) is 25.1 Å². The van der Waals surface area contributed by atoms with Crippen LogP contribution in [-0.4, -0.2) is 60.3 Å². The summed E-state index contributed by atoms with van der Waals surface area (Å²) in [5.41, 5.74) is 1.66. The van der Waals surface area contributed by atoms with Crippen molar-refractivity contribution in [1.29, 1.82) is 0 Å². The number of anilines is 2. The second-order valence-electron chi connectivity index (χ2n) is 6.61.